The van der Waals surface area contributed by atoms with E-state index in [9.17, 15) is 0 Å². The van der Waals surface area contributed by atoms with Crippen molar-refractivity contribution in [3.05, 3.63) is 59.0 Å². The summed E-state index contributed by atoms with van der Waals surface area (Å²) in [5, 5.41) is 13.3. The first-order valence-corrected chi connectivity index (χ1v) is 7.81. The maximum atomic E-state index is 9.13. The second-order valence-corrected chi connectivity index (χ2v) is 5.80. The Hall–Kier alpha value is -3.19. The number of aryl methyl sites for hydroxylation is 1. The van der Waals surface area contributed by atoms with Crippen LogP contribution in [0.2, 0.25) is 0 Å². The molecule has 0 spiro atoms. The summed E-state index contributed by atoms with van der Waals surface area (Å²) in [6.07, 6.45) is 0.534. The molecule has 0 bridgehead atoms. The third-order valence-corrected chi connectivity index (χ3v) is 3.95. The second-order valence-electron chi connectivity index (χ2n) is 5.80. The van der Waals surface area contributed by atoms with Crippen molar-refractivity contribution in [2.75, 3.05) is 5.73 Å². The fourth-order valence-electron chi connectivity index (χ4n) is 2.69. The minimum Gasteiger partial charge on any atom is -0.460 e. The van der Waals surface area contributed by atoms with Gasteiger partial charge in [-0.15, -0.1) is 0 Å². The monoisotopic (exact) mass is 336 g/mol. The Morgan fingerprint density at radius 3 is 2.48 bits per heavy atom. The maximum Gasteiger partial charge on any atom is 0.221 e. The molecule has 3 N–H and O–H groups in total. The number of furan rings is 1. The van der Waals surface area contributed by atoms with E-state index in [0.717, 1.165) is 16.9 Å². The van der Waals surface area contributed by atoms with Crippen LogP contribution in [-0.2, 0) is 13.0 Å². The largest absolute Gasteiger partial charge is 0.460 e. The Labute approximate surface area is 143 Å². The highest BCUT2D eigenvalue weighted by Crippen LogP contribution is 2.30. The van der Waals surface area contributed by atoms with Crippen LogP contribution in [0.15, 0.2) is 45.3 Å². The van der Waals surface area contributed by atoms with Gasteiger partial charge in [0.15, 0.2) is 11.5 Å². The van der Waals surface area contributed by atoms with Gasteiger partial charge in [0.1, 0.15) is 17.0 Å². The molecule has 0 aliphatic carbocycles. The van der Waals surface area contributed by atoms with E-state index in [1.807, 2.05) is 43.3 Å². The van der Waals surface area contributed by atoms with Crippen molar-refractivity contribution in [3.63, 3.8) is 0 Å². The highest BCUT2D eigenvalue weighted by Gasteiger charge is 2.19. The molecule has 0 aliphatic heterocycles. The van der Waals surface area contributed by atoms with Crippen molar-refractivity contribution in [1.82, 2.24) is 15.1 Å². The van der Waals surface area contributed by atoms with E-state index < -0.39 is 0 Å². The van der Waals surface area contributed by atoms with Gasteiger partial charge in [0.25, 0.3) is 0 Å². The summed E-state index contributed by atoms with van der Waals surface area (Å²) in [4.78, 5) is 8.53. The standard InChI is InChI=1S/C18H16N4O3/c1-10-2-7-14(24-10)16-17-15(20-18(19)21-16)13(22-25-17)8-11-3-5-12(9-23)6-4-11/h2-7,23H,8-9H2,1H3,(H2,19,20,21). The number of aromatic nitrogens is 3. The number of rotatable bonds is 4. The molecule has 0 amide bonds. The van der Waals surface area contributed by atoms with Crippen molar-refractivity contribution in [2.45, 2.75) is 20.0 Å². The molecule has 4 aromatic rings. The number of hydrogen-bond donors (Lipinski definition) is 2. The lowest BCUT2D eigenvalue weighted by atomic mass is 10.1. The zero-order chi connectivity index (χ0) is 17.4. The quantitative estimate of drug-likeness (QED) is 0.589. The van der Waals surface area contributed by atoms with Crippen LogP contribution < -0.4 is 5.73 Å². The van der Waals surface area contributed by atoms with Crippen molar-refractivity contribution in [2.24, 2.45) is 0 Å². The van der Waals surface area contributed by atoms with E-state index in [4.69, 9.17) is 19.8 Å². The van der Waals surface area contributed by atoms with Crippen LogP contribution in [0.4, 0.5) is 5.95 Å². The highest BCUT2D eigenvalue weighted by molar-refractivity contribution is 5.88. The maximum absolute atomic E-state index is 9.13. The van der Waals surface area contributed by atoms with Gasteiger partial charge in [-0.1, -0.05) is 29.4 Å². The molecule has 25 heavy (non-hydrogen) atoms. The van der Waals surface area contributed by atoms with E-state index in [2.05, 4.69) is 15.1 Å². The Bertz CT molecular complexity index is 1030. The first-order valence-electron chi connectivity index (χ1n) is 7.81. The first kappa shape index (κ1) is 15.3. The fraction of sp³-hybridized carbons (Fsp3) is 0.167. The molecule has 0 fully saturated rings. The lowest BCUT2D eigenvalue weighted by molar-refractivity contribution is 0.282. The zero-order valence-corrected chi connectivity index (χ0v) is 13.6. The molecular formula is C18H16N4O3. The zero-order valence-electron chi connectivity index (χ0n) is 13.6. The van der Waals surface area contributed by atoms with Gasteiger partial charge in [-0.2, -0.15) is 0 Å². The summed E-state index contributed by atoms with van der Waals surface area (Å²) in [6, 6.07) is 11.3. The van der Waals surface area contributed by atoms with E-state index in [-0.39, 0.29) is 12.6 Å². The molecule has 7 nitrogen and oxygen atoms in total. The number of benzene rings is 1. The van der Waals surface area contributed by atoms with Gasteiger partial charge < -0.3 is 19.8 Å². The summed E-state index contributed by atoms with van der Waals surface area (Å²) in [5.74, 6) is 1.47. The Morgan fingerprint density at radius 2 is 1.80 bits per heavy atom. The molecule has 0 unspecified atom stereocenters. The highest BCUT2D eigenvalue weighted by atomic mass is 16.5. The number of anilines is 1. The van der Waals surface area contributed by atoms with Crippen LogP contribution in [0, 0.1) is 6.92 Å². The summed E-state index contributed by atoms with van der Waals surface area (Å²) < 4.78 is 11.1. The van der Waals surface area contributed by atoms with Crippen LogP contribution in [0.5, 0.6) is 0 Å². The topological polar surface area (TPSA) is 111 Å². The molecule has 0 aliphatic rings. The fourth-order valence-corrected chi connectivity index (χ4v) is 2.69. The molecule has 3 heterocycles. The number of aliphatic hydroxyl groups excluding tert-OH is 1. The lowest BCUT2D eigenvalue weighted by Gasteiger charge is -2.01. The number of aliphatic hydroxyl groups is 1. The smallest absolute Gasteiger partial charge is 0.221 e. The van der Waals surface area contributed by atoms with Crippen LogP contribution in [0.3, 0.4) is 0 Å². The molecule has 7 heteroatoms. The third-order valence-electron chi connectivity index (χ3n) is 3.95. The van der Waals surface area contributed by atoms with Crippen LogP contribution in [0.1, 0.15) is 22.6 Å². The molecular weight excluding hydrogens is 320 g/mol. The summed E-state index contributed by atoms with van der Waals surface area (Å²) in [5.41, 5.74) is 9.94. The average molecular weight is 336 g/mol. The molecule has 0 saturated carbocycles. The summed E-state index contributed by atoms with van der Waals surface area (Å²) >= 11 is 0. The molecule has 4 rings (SSSR count). The van der Waals surface area contributed by atoms with Gasteiger partial charge in [0, 0.05) is 6.42 Å². The third kappa shape index (κ3) is 2.85. The minimum atomic E-state index is 0.0167. The Kier molecular flexibility index (Phi) is 3.70. The minimum absolute atomic E-state index is 0.0167. The van der Waals surface area contributed by atoms with Crippen LogP contribution >= 0.6 is 0 Å². The summed E-state index contributed by atoms with van der Waals surface area (Å²) in [6.45, 7) is 1.87. The molecule has 1 aromatic carbocycles. The van der Waals surface area contributed by atoms with E-state index in [1.54, 1.807) is 0 Å². The Balaban J connectivity index is 1.77. The first-order chi connectivity index (χ1) is 12.1. The SMILES string of the molecule is Cc1ccc(-c2nc(N)nc3c(Cc4ccc(CO)cc4)noc23)o1. The number of nitrogens with zero attached hydrogens (tertiary/aromatic N) is 3. The predicted molar refractivity (Wildman–Crippen MR) is 91.6 cm³/mol. The summed E-state index contributed by atoms with van der Waals surface area (Å²) in [7, 11) is 0. The van der Waals surface area contributed by atoms with Gasteiger partial charge in [-0.25, -0.2) is 9.97 Å². The van der Waals surface area contributed by atoms with Gasteiger partial charge in [0.2, 0.25) is 11.5 Å². The number of fused-ring (bicyclic) bond motifs is 1. The molecule has 0 saturated heterocycles. The average Bonchev–Trinajstić information content (AvgIpc) is 3.22. The number of nitrogen functional groups attached to an aromatic ring is 1. The second kappa shape index (κ2) is 6.03. The molecule has 126 valence electrons. The van der Waals surface area contributed by atoms with Crippen molar-refractivity contribution in [1.29, 1.82) is 0 Å². The van der Waals surface area contributed by atoms with Gasteiger partial charge >= 0.3 is 0 Å². The molecule has 3 aromatic heterocycles. The van der Waals surface area contributed by atoms with Crippen molar-refractivity contribution in [3.8, 4) is 11.5 Å². The van der Waals surface area contributed by atoms with E-state index >= 15 is 0 Å². The predicted octanol–water partition coefficient (Wildman–Crippen LogP) is 2.85. The van der Waals surface area contributed by atoms with E-state index in [1.165, 1.54) is 0 Å². The number of hydrogen-bond acceptors (Lipinski definition) is 7. The lowest BCUT2D eigenvalue weighted by Crippen LogP contribution is -1.98. The van der Waals surface area contributed by atoms with Gasteiger partial charge in [0.05, 0.1) is 6.61 Å². The van der Waals surface area contributed by atoms with Crippen molar-refractivity contribution < 1.29 is 14.0 Å². The molecule has 0 radical (unpaired) electrons. The van der Waals surface area contributed by atoms with Crippen molar-refractivity contribution >= 4 is 17.0 Å². The van der Waals surface area contributed by atoms with Crippen LogP contribution in [0.25, 0.3) is 22.6 Å². The van der Waals surface area contributed by atoms with Gasteiger partial charge in [-0.3, -0.25) is 0 Å². The van der Waals surface area contributed by atoms with E-state index in [0.29, 0.717) is 34.7 Å². The van der Waals surface area contributed by atoms with Gasteiger partial charge in [-0.05, 0) is 30.2 Å². The Morgan fingerprint density at radius 1 is 1.04 bits per heavy atom. The molecule has 0 atom stereocenters. The van der Waals surface area contributed by atoms with Crippen LogP contribution in [-0.4, -0.2) is 20.2 Å². The number of nitrogens with two attached hydrogens (primary N) is 1. The normalized spacial score (nSPS) is 11.3.